The standard InChI is InChI=1S/C13H17N2S.3ClH.Zn/c1-4-15-11-7-5-6-8-12(11)16-13(15)9-10-14(2)3;;;;/h5-10H,4H2,1-3H3;3*1H;/q+1;;;;+2/p-3. The fraction of sp³-hybridized carbons (Fsp3) is 0.308. The van der Waals surface area contributed by atoms with E-state index in [4.69, 9.17) is 29.1 Å². The van der Waals surface area contributed by atoms with Gasteiger partial charge < -0.3 is 4.90 Å². The molecule has 20 heavy (non-hydrogen) atoms. The summed E-state index contributed by atoms with van der Waals surface area (Å²) in [6, 6.07) is 8.56. The molecule has 0 saturated heterocycles. The van der Waals surface area contributed by atoms with E-state index in [9.17, 15) is 0 Å². The summed E-state index contributed by atoms with van der Waals surface area (Å²) in [6.45, 7) is 3.20. The number of rotatable bonds is 3. The van der Waals surface area contributed by atoms with Gasteiger partial charge >= 0.3 is 42.1 Å². The fourth-order valence-electron chi connectivity index (χ4n) is 1.72. The van der Waals surface area contributed by atoms with Crippen molar-refractivity contribution < 1.29 is 17.5 Å². The summed E-state index contributed by atoms with van der Waals surface area (Å²) in [5, 5.41) is 1.30. The van der Waals surface area contributed by atoms with Crippen molar-refractivity contribution in [1.82, 2.24) is 4.90 Å². The number of aryl methyl sites for hydroxylation is 1. The first-order chi connectivity index (χ1) is 9.45. The van der Waals surface area contributed by atoms with Crippen LogP contribution in [0.3, 0.4) is 0 Å². The molecule has 2 rings (SSSR count). The summed E-state index contributed by atoms with van der Waals surface area (Å²) in [5.41, 5.74) is 1.33. The molecule has 1 aromatic carbocycles. The van der Waals surface area contributed by atoms with Crippen LogP contribution < -0.4 is 4.57 Å². The summed E-state index contributed by atoms with van der Waals surface area (Å²) in [7, 11) is 19.1. The number of fused-ring (bicyclic) bond motifs is 1. The molecule has 0 aliphatic heterocycles. The van der Waals surface area contributed by atoms with Crippen molar-refractivity contribution in [3.63, 3.8) is 0 Å². The van der Waals surface area contributed by atoms with Gasteiger partial charge in [-0.15, -0.1) is 0 Å². The summed E-state index contributed by atoms with van der Waals surface area (Å²) in [6.07, 6.45) is 4.27. The van der Waals surface area contributed by atoms with Crippen LogP contribution in [0.5, 0.6) is 0 Å². The average molecular weight is 405 g/mol. The molecule has 0 spiro atoms. The summed E-state index contributed by atoms with van der Waals surface area (Å²) >= 11 is -0.368. The number of nitrogens with zero attached hydrogens (tertiary/aromatic N) is 2. The molecule has 1 aromatic heterocycles. The minimum atomic E-state index is -2.21. The van der Waals surface area contributed by atoms with Gasteiger partial charge in [0.05, 0.1) is 0 Å². The van der Waals surface area contributed by atoms with Crippen LogP contribution in [0.15, 0.2) is 30.5 Å². The molecule has 0 atom stereocenters. The Morgan fingerprint density at radius 2 is 1.85 bits per heavy atom. The molecule has 2 aromatic rings. The monoisotopic (exact) mass is 402 g/mol. The predicted octanol–water partition coefficient (Wildman–Crippen LogP) is 4.81. The number of thiazole rings is 1. The Kier molecular flexibility index (Phi) is 8.39. The van der Waals surface area contributed by atoms with Crippen molar-refractivity contribution in [2.24, 2.45) is 0 Å². The van der Waals surface area contributed by atoms with E-state index in [0.29, 0.717) is 0 Å². The predicted molar refractivity (Wildman–Crippen MR) is 88.0 cm³/mol. The Balaban J connectivity index is 0.000000444. The SMILES string of the molecule is CC[n+]1c(C=CN(C)C)sc2ccccc21.[Cl][Zn-]([Cl])[Cl]. The topological polar surface area (TPSA) is 7.12 Å². The summed E-state index contributed by atoms with van der Waals surface area (Å²) < 4.78 is 3.70. The van der Waals surface area contributed by atoms with Crippen LogP contribution in [0.4, 0.5) is 0 Å². The zero-order chi connectivity index (χ0) is 15.1. The number of hydrogen-bond donors (Lipinski definition) is 0. The van der Waals surface area contributed by atoms with Gasteiger partial charge in [0.1, 0.15) is 11.2 Å². The molecule has 0 unspecified atom stereocenters. The molecule has 108 valence electrons. The Morgan fingerprint density at radius 3 is 2.40 bits per heavy atom. The van der Waals surface area contributed by atoms with Gasteiger partial charge in [0.2, 0.25) is 5.52 Å². The van der Waals surface area contributed by atoms with E-state index in [1.807, 2.05) is 25.4 Å². The minimum absolute atomic E-state index is 1.01. The first kappa shape index (κ1) is 18.2. The number of halogens is 3. The number of aromatic nitrogens is 1. The second kappa shape index (κ2) is 9.22. The van der Waals surface area contributed by atoms with E-state index < -0.39 is 13.0 Å². The molecule has 1 heterocycles. The molecular formula is C13H17Cl3N2SZn. The van der Waals surface area contributed by atoms with Gasteiger partial charge in [-0.25, -0.2) is 0 Å². The Morgan fingerprint density at radius 1 is 1.25 bits per heavy atom. The number of para-hydroxylation sites is 1. The number of benzene rings is 1. The third-order valence-electron chi connectivity index (χ3n) is 2.47. The Bertz CT molecular complexity index is 567. The molecule has 0 fully saturated rings. The Hall–Kier alpha value is 0.143. The molecule has 0 aliphatic rings. The Labute approximate surface area is 141 Å². The van der Waals surface area contributed by atoms with Gasteiger partial charge in [-0.1, -0.05) is 23.5 Å². The molecule has 0 saturated carbocycles. The average Bonchev–Trinajstić information content (AvgIpc) is 2.73. The second-order valence-corrected chi connectivity index (χ2v) is 19.2. The van der Waals surface area contributed by atoms with E-state index in [2.05, 4.69) is 52.9 Å². The summed E-state index contributed by atoms with van der Waals surface area (Å²) in [4.78, 5) is 2.06. The van der Waals surface area contributed by atoms with Crippen LogP contribution in [0.25, 0.3) is 16.3 Å². The maximum atomic E-state index is 5.01. The third kappa shape index (κ3) is 5.87. The van der Waals surface area contributed by atoms with Crippen molar-refractivity contribution in [1.29, 1.82) is 0 Å². The molecule has 0 aliphatic carbocycles. The quantitative estimate of drug-likeness (QED) is 0.526. The van der Waals surface area contributed by atoms with Crippen LogP contribution >= 0.6 is 40.4 Å². The van der Waals surface area contributed by atoms with Crippen molar-refractivity contribution in [2.45, 2.75) is 13.5 Å². The van der Waals surface area contributed by atoms with Crippen molar-refractivity contribution in [2.75, 3.05) is 14.1 Å². The van der Waals surface area contributed by atoms with Crippen LogP contribution in [-0.2, 0) is 19.5 Å². The van der Waals surface area contributed by atoms with E-state index >= 15 is 0 Å². The molecule has 0 N–H and O–H groups in total. The third-order valence-corrected chi connectivity index (χ3v) is 3.60. The zero-order valence-electron chi connectivity index (χ0n) is 11.8. The van der Waals surface area contributed by atoms with Crippen LogP contribution in [0.1, 0.15) is 11.9 Å². The van der Waals surface area contributed by atoms with Gasteiger partial charge in [-0.3, -0.25) is 0 Å². The van der Waals surface area contributed by atoms with Gasteiger partial charge in [0, 0.05) is 32.4 Å². The van der Waals surface area contributed by atoms with Gasteiger partial charge in [-0.2, -0.15) is 4.57 Å². The summed E-state index contributed by atoms with van der Waals surface area (Å²) in [5.74, 6) is 0. The fourth-order valence-corrected chi connectivity index (χ4v) is 2.84. The molecule has 7 heteroatoms. The van der Waals surface area contributed by atoms with E-state index in [-0.39, 0.29) is 0 Å². The van der Waals surface area contributed by atoms with Gasteiger partial charge in [-0.05, 0) is 13.0 Å². The normalized spacial score (nSPS) is 10.5. The first-order valence-corrected chi connectivity index (χ1v) is 18.8. The van der Waals surface area contributed by atoms with Gasteiger partial charge in [0.25, 0.3) is 5.01 Å². The van der Waals surface area contributed by atoms with Crippen molar-refractivity contribution in [3.05, 3.63) is 35.5 Å². The molecular weight excluding hydrogens is 388 g/mol. The maximum absolute atomic E-state index is 5.01. The molecule has 0 amide bonds. The zero-order valence-corrected chi connectivity index (χ0v) is 17.9. The van der Waals surface area contributed by atoms with Crippen molar-refractivity contribution in [3.8, 4) is 0 Å². The van der Waals surface area contributed by atoms with Crippen LogP contribution in [0.2, 0.25) is 0 Å². The number of hydrogen-bond acceptors (Lipinski definition) is 2. The van der Waals surface area contributed by atoms with E-state index in [1.54, 1.807) is 0 Å². The van der Waals surface area contributed by atoms with Crippen molar-refractivity contribution >= 4 is 56.7 Å². The van der Waals surface area contributed by atoms with E-state index in [0.717, 1.165) is 6.54 Å². The van der Waals surface area contributed by atoms with Gasteiger partial charge in [0.15, 0.2) is 0 Å². The van der Waals surface area contributed by atoms with Crippen LogP contribution in [-0.4, -0.2) is 19.0 Å². The molecule has 2 nitrogen and oxygen atoms in total. The molecule has 0 bridgehead atoms. The molecule has 0 radical (unpaired) electrons. The van der Waals surface area contributed by atoms with E-state index in [1.165, 1.54) is 15.2 Å². The van der Waals surface area contributed by atoms with Crippen LogP contribution in [0, 0.1) is 0 Å². The first-order valence-electron chi connectivity index (χ1n) is 6.28. The second-order valence-electron chi connectivity index (χ2n) is 4.23.